The largest absolute Gasteiger partial charge is 0.382 e. The fourth-order valence-electron chi connectivity index (χ4n) is 3.03. The van der Waals surface area contributed by atoms with Crippen LogP contribution < -0.4 is 10.5 Å². The van der Waals surface area contributed by atoms with Gasteiger partial charge < -0.3 is 5.32 Å². The van der Waals surface area contributed by atoms with E-state index < -0.39 is 10.0 Å². The van der Waals surface area contributed by atoms with Crippen LogP contribution in [0.25, 0.3) is 0 Å². The molecule has 0 spiro atoms. The molecule has 1 aromatic rings. The van der Waals surface area contributed by atoms with Crippen molar-refractivity contribution < 1.29 is 8.42 Å². The van der Waals surface area contributed by atoms with E-state index in [0.29, 0.717) is 6.04 Å². The van der Waals surface area contributed by atoms with Gasteiger partial charge in [0, 0.05) is 11.7 Å². The zero-order chi connectivity index (χ0) is 14.6. The van der Waals surface area contributed by atoms with Crippen LogP contribution in [-0.2, 0) is 15.8 Å². The van der Waals surface area contributed by atoms with Crippen molar-refractivity contribution in [3.05, 3.63) is 29.8 Å². The first-order valence-electron chi connectivity index (χ1n) is 7.34. The van der Waals surface area contributed by atoms with Crippen molar-refractivity contribution in [1.82, 2.24) is 0 Å². The summed E-state index contributed by atoms with van der Waals surface area (Å²) in [5, 5.41) is 8.64. The monoisotopic (exact) mass is 296 g/mol. The predicted octanol–water partition coefficient (Wildman–Crippen LogP) is 2.86. The molecule has 112 valence electrons. The molecule has 5 heteroatoms. The highest BCUT2D eigenvalue weighted by Crippen LogP contribution is 2.29. The molecule has 1 saturated carbocycles. The smallest absolute Gasteiger partial charge is 0.213 e. The van der Waals surface area contributed by atoms with E-state index in [1.54, 1.807) is 0 Å². The number of benzene rings is 1. The number of hydrogen-bond acceptors (Lipinski definition) is 3. The molecule has 2 unspecified atom stereocenters. The van der Waals surface area contributed by atoms with Crippen LogP contribution in [0.5, 0.6) is 0 Å². The van der Waals surface area contributed by atoms with Gasteiger partial charge >= 0.3 is 0 Å². The maximum atomic E-state index is 11.0. The molecular formula is C15H24N2O2S. The van der Waals surface area contributed by atoms with Gasteiger partial charge in [0.2, 0.25) is 10.0 Å². The Morgan fingerprint density at radius 1 is 1.20 bits per heavy atom. The van der Waals surface area contributed by atoms with Gasteiger partial charge in [0.15, 0.2) is 0 Å². The molecule has 0 heterocycles. The third kappa shape index (κ3) is 4.49. The molecule has 4 nitrogen and oxygen atoms in total. The maximum absolute atomic E-state index is 11.0. The molecule has 20 heavy (non-hydrogen) atoms. The van der Waals surface area contributed by atoms with Crippen LogP contribution in [-0.4, -0.2) is 14.5 Å². The molecule has 1 aliphatic rings. The maximum Gasteiger partial charge on any atom is 0.213 e. The molecular weight excluding hydrogens is 272 g/mol. The lowest BCUT2D eigenvalue weighted by Crippen LogP contribution is -2.31. The van der Waals surface area contributed by atoms with Crippen LogP contribution in [0.4, 0.5) is 5.69 Å². The molecule has 0 amide bonds. The van der Waals surface area contributed by atoms with Gasteiger partial charge in [0.25, 0.3) is 0 Å². The van der Waals surface area contributed by atoms with Crippen LogP contribution in [0.3, 0.4) is 0 Å². The standard InChI is InChI=1S/C15H24N2O2S/c1-2-13-5-3-4-6-15(13)17-14-9-7-12(8-10-14)11-20(16,18)19/h7-10,13,15,17H,2-6,11H2,1H3,(H2,16,18,19). The van der Waals surface area contributed by atoms with Gasteiger partial charge in [-0.1, -0.05) is 38.3 Å². The van der Waals surface area contributed by atoms with E-state index in [9.17, 15) is 8.42 Å². The van der Waals surface area contributed by atoms with Crippen molar-refractivity contribution in [2.24, 2.45) is 11.1 Å². The summed E-state index contributed by atoms with van der Waals surface area (Å²) in [6.45, 7) is 2.25. The highest BCUT2D eigenvalue weighted by atomic mass is 32.2. The molecule has 1 aliphatic carbocycles. The molecule has 0 aliphatic heterocycles. The SMILES string of the molecule is CCC1CCCCC1Nc1ccc(CS(N)(=O)=O)cc1. The Bertz CT molecular complexity index is 525. The normalized spacial score (nSPS) is 23.5. The summed E-state index contributed by atoms with van der Waals surface area (Å²) in [5.74, 6) is 0.640. The molecule has 2 atom stereocenters. The number of primary sulfonamides is 1. The number of sulfonamides is 1. The summed E-state index contributed by atoms with van der Waals surface area (Å²) in [6, 6.07) is 8.09. The van der Waals surface area contributed by atoms with Crippen molar-refractivity contribution in [3.63, 3.8) is 0 Å². The van der Waals surface area contributed by atoms with E-state index in [0.717, 1.165) is 17.2 Å². The van der Waals surface area contributed by atoms with Gasteiger partial charge in [-0.05, 0) is 36.5 Å². The second kappa shape index (κ2) is 6.59. The van der Waals surface area contributed by atoms with Gasteiger partial charge in [-0.2, -0.15) is 0 Å². The highest BCUT2D eigenvalue weighted by molar-refractivity contribution is 7.88. The van der Waals surface area contributed by atoms with Gasteiger partial charge in [-0.25, -0.2) is 13.6 Å². The Morgan fingerprint density at radius 2 is 1.85 bits per heavy atom. The Hall–Kier alpha value is -1.07. The van der Waals surface area contributed by atoms with E-state index in [-0.39, 0.29) is 5.75 Å². The van der Waals surface area contributed by atoms with Crippen molar-refractivity contribution in [1.29, 1.82) is 0 Å². The summed E-state index contributed by atoms with van der Waals surface area (Å²) in [6.07, 6.45) is 6.36. The second-order valence-electron chi connectivity index (χ2n) is 5.71. The minimum absolute atomic E-state index is 0.103. The van der Waals surface area contributed by atoms with Gasteiger partial charge in [-0.3, -0.25) is 0 Å². The van der Waals surface area contributed by atoms with Crippen LogP contribution >= 0.6 is 0 Å². The van der Waals surface area contributed by atoms with Crippen LogP contribution in [0.15, 0.2) is 24.3 Å². The lowest BCUT2D eigenvalue weighted by molar-refractivity contribution is 0.317. The quantitative estimate of drug-likeness (QED) is 0.877. The molecule has 1 aromatic carbocycles. The van der Waals surface area contributed by atoms with Gasteiger partial charge in [0.05, 0.1) is 5.75 Å². The average molecular weight is 296 g/mol. The van der Waals surface area contributed by atoms with Crippen LogP contribution in [0.2, 0.25) is 0 Å². The van der Waals surface area contributed by atoms with E-state index in [4.69, 9.17) is 5.14 Å². The third-order valence-corrected chi connectivity index (χ3v) is 4.84. The van der Waals surface area contributed by atoms with Crippen molar-refractivity contribution in [3.8, 4) is 0 Å². The molecule has 0 bridgehead atoms. The summed E-state index contributed by atoms with van der Waals surface area (Å²) in [5.41, 5.74) is 1.79. The topological polar surface area (TPSA) is 72.2 Å². The van der Waals surface area contributed by atoms with E-state index >= 15 is 0 Å². The van der Waals surface area contributed by atoms with Crippen LogP contribution in [0.1, 0.15) is 44.6 Å². The Morgan fingerprint density at radius 3 is 2.45 bits per heavy atom. The van der Waals surface area contributed by atoms with E-state index in [2.05, 4.69) is 12.2 Å². The molecule has 3 N–H and O–H groups in total. The van der Waals surface area contributed by atoms with E-state index in [1.165, 1.54) is 32.1 Å². The molecule has 0 aromatic heterocycles. The third-order valence-electron chi connectivity index (χ3n) is 4.11. The summed E-state index contributed by atoms with van der Waals surface area (Å²) < 4.78 is 22.1. The molecule has 0 saturated heterocycles. The lowest BCUT2D eigenvalue weighted by Gasteiger charge is -2.32. The first-order chi connectivity index (χ1) is 9.48. The zero-order valence-electron chi connectivity index (χ0n) is 12.0. The Kier molecular flexibility index (Phi) is 5.05. The summed E-state index contributed by atoms with van der Waals surface area (Å²) in [7, 11) is -3.45. The number of hydrogen-bond donors (Lipinski definition) is 2. The lowest BCUT2D eigenvalue weighted by atomic mass is 9.83. The van der Waals surface area contributed by atoms with Crippen molar-refractivity contribution in [2.45, 2.75) is 50.8 Å². The Balaban J connectivity index is 1.99. The first kappa shape index (κ1) is 15.3. The fraction of sp³-hybridized carbons (Fsp3) is 0.600. The predicted molar refractivity (Wildman–Crippen MR) is 82.9 cm³/mol. The first-order valence-corrected chi connectivity index (χ1v) is 9.05. The van der Waals surface area contributed by atoms with Gasteiger partial charge in [-0.15, -0.1) is 0 Å². The van der Waals surface area contributed by atoms with Crippen LogP contribution in [0, 0.1) is 5.92 Å². The number of anilines is 1. The number of nitrogens with two attached hydrogens (primary N) is 1. The minimum Gasteiger partial charge on any atom is -0.382 e. The second-order valence-corrected chi connectivity index (χ2v) is 7.32. The van der Waals surface area contributed by atoms with Crippen molar-refractivity contribution >= 4 is 15.7 Å². The van der Waals surface area contributed by atoms with Crippen molar-refractivity contribution in [2.75, 3.05) is 5.32 Å². The number of rotatable bonds is 5. The van der Waals surface area contributed by atoms with E-state index in [1.807, 2.05) is 24.3 Å². The Labute approximate surface area is 121 Å². The fourth-order valence-corrected chi connectivity index (χ4v) is 3.69. The summed E-state index contributed by atoms with van der Waals surface area (Å²) >= 11 is 0. The average Bonchev–Trinajstić information content (AvgIpc) is 2.40. The minimum atomic E-state index is -3.45. The highest BCUT2D eigenvalue weighted by Gasteiger charge is 2.23. The zero-order valence-corrected chi connectivity index (χ0v) is 12.8. The molecule has 0 radical (unpaired) electrons. The molecule has 1 fully saturated rings. The number of nitrogens with one attached hydrogen (secondary N) is 1. The molecule has 2 rings (SSSR count). The summed E-state index contributed by atoms with van der Waals surface area (Å²) in [4.78, 5) is 0. The van der Waals surface area contributed by atoms with Gasteiger partial charge in [0.1, 0.15) is 0 Å².